The molecule has 4 nitrogen and oxygen atoms in total. The first-order valence-corrected chi connectivity index (χ1v) is 10.4. The molecule has 1 aromatic heterocycles. The van der Waals surface area contributed by atoms with E-state index >= 15 is 0 Å². The van der Waals surface area contributed by atoms with Crippen LogP contribution in [0.4, 0.5) is 0 Å². The van der Waals surface area contributed by atoms with Crippen molar-refractivity contribution in [1.82, 2.24) is 10.2 Å². The van der Waals surface area contributed by atoms with Crippen LogP contribution < -0.4 is 5.32 Å². The van der Waals surface area contributed by atoms with E-state index in [-0.39, 0.29) is 11.9 Å². The second kappa shape index (κ2) is 8.07. The first-order valence-electron chi connectivity index (χ1n) is 10.0. The minimum Gasteiger partial charge on any atom is -0.468 e. The number of rotatable bonds is 6. The average Bonchev–Trinajstić information content (AvgIpc) is 3.16. The number of nitrogens with zero attached hydrogens (tertiary/aromatic N) is 1. The van der Waals surface area contributed by atoms with Gasteiger partial charge in [0.05, 0.1) is 17.7 Å². The van der Waals surface area contributed by atoms with Gasteiger partial charge in [-0.05, 0) is 68.6 Å². The zero-order chi connectivity index (χ0) is 18.7. The van der Waals surface area contributed by atoms with Crippen LogP contribution in [0.5, 0.6) is 0 Å². The lowest BCUT2D eigenvalue weighted by molar-refractivity contribution is -0.130. The zero-order valence-corrected chi connectivity index (χ0v) is 16.4. The van der Waals surface area contributed by atoms with Crippen molar-refractivity contribution in [2.75, 3.05) is 19.6 Å². The van der Waals surface area contributed by atoms with Crippen LogP contribution in [0.3, 0.4) is 0 Å². The Kier molecular flexibility index (Phi) is 5.55. The molecule has 2 heterocycles. The summed E-state index contributed by atoms with van der Waals surface area (Å²) in [6.45, 7) is 2.69. The van der Waals surface area contributed by atoms with Gasteiger partial charge in [0.25, 0.3) is 0 Å². The number of hydrogen-bond donors (Lipinski definition) is 1. The average molecular weight is 387 g/mol. The van der Waals surface area contributed by atoms with Crippen molar-refractivity contribution in [3.63, 3.8) is 0 Å². The lowest BCUT2D eigenvalue weighted by Gasteiger charge is -2.41. The summed E-state index contributed by atoms with van der Waals surface area (Å²) in [5.41, 5.74) is 0.604. The summed E-state index contributed by atoms with van der Waals surface area (Å²) in [6, 6.07) is 11.8. The van der Waals surface area contributed by atoms with Crippen LogP contribution in [-0.2, 0) is 10.2 Å². The van der Waals surface area contributed by atoms with Crippen molar-refractivity contribution in [1.29, 1.82) is 0 Å². The van der Waals surface area contributed by atoms with Crippen LogP contribution in [0.2, 0.25) is 5.02 Å². The van der Waals surface area contributed by atoms with E-state index in [1.165, 1.54) is 19.3 Å². The number of carbonyl (C=O) groups is 1. The smallest absolute Gasteiger partial charge is 0.230 e. The summed E-state index contributed by atoms with van der Waals surface area (Å²) in [5, 5.41) is 3.93. The SMILES string of the molecule is O=C(NCC(c1ccco1)N1CCCCC1)C1(c2cccc(Cl)c2)CCC1. The Labute approximate surface area is 165 Å². The van der Waals surface area contributed by atoms with Gasteiger partial charge in [0.2, 0.25) is 5.91 Å². The Bertz CT molecular complexity index is 764. The molecule has 1 aromatic carbocycles. The van der Waals surface area contributed by atoms with E-state index in [1.807, 2.05) is 36.4 Å². The minimum absolute atomic E-state index is 0.0979. The molecule has 144 valence electrons. The Morgan fingerprint density at radius 2 is 1.96 bits per heavy atom. The van der Waals surface area contributed by atoms with Gasteiger partial charge in [-0.25, -0.2) is 0 Å². The van der Waals surface area contributed by atoms with E-state index in [4.69, 9.17) is 16.0 Å². The van der Waals surface area contributed by atoms with Gasteiger partial charge >= 0.3 is 0 Å². The van der Waals surface area contributed by atoms with E-state index in [1.54, 1.807) is 6.26 Å². The first kappa shape index (κ1) is 18.6. The molecule has 0 radical (unpaired) electrons. The topological polar surface area (TPSA) is 45.5 Å². The maximum atomic E-state index is 13.2. The maximum Gasteiger partial charge on any atom is 0.230 e. The fourth-order valence-electron chi connectivity index (χ4n) is 4.44. The molecule has 2 aromatic rings. The van der Waals surface area contributed by atoms with Crippen LogP contribution >= 0.6 is 11.6 Å². The Morgan fingerprint density at radius 3 is 2.59 bits per heavy atom. The van der Waals surface area contributed by atoms with E-state index in [0.717, 1.165) is 43.7 Å². The number of nitrogens with one attached hydrogen (secondary N) is 1. The highest BCUT2D eigenvalue weighted by Crippen LogP contribution is 2.44. The van der Waals surface area contributed by atoms with Crippen LogP contribution in [0.25, 0.3) is 0 Å². The monoisotopic (exact) mass is 386 g/mol. The van der Waals surface area contributed by atoms with E-state index in [2.05, 4.69) is 10.2 Å². The number of likely N-dealkylation sites (tertiary alicyclic amines) is 1. The zero-order valence-electron chi connectivity index (χ0n) is 15.6. The minimum atomic E-state index is -0.430. The van der Waals surface area contributed by atoms with Crippen molar-refractivity contribution in [2.24, 2.45) is 0 Å². The number of piperidine rings is 1. The van der Waals surface area contributed by atoms with Crippen molar-refractivity contribution in [2.45, 2.75) is 50.0 Å². The van der Waals surface area contributed by atoms with Gasteiger partial charge in [0.15, 0.2) is 0 Å². The lowest BCUT2D eigenvalue weighted by Crippen LogP contribution is -2.51. The number of carbonyl (C=O) groups excluding carboxylic acids is 1. The molecule has 2 aliphatic rings. The Morgan fingerprint density at radius 1 is 1.15 bits per heavy atom. The fourth-order valence-corrected chi connectivity index (χ4v) is 4.63. The highest BCUT2D eigenvalue weighted by molar-refractivity contribution is 6.30. The summed E-state index contributed by atoms with van der Waals surface area (Å²) in [7, 11) is 0. The summed E-state index contributed by atoms with van der Waals surface area (Å²) in [4.78, 5) is 15.7. The number of hydrogen-bond acceptors (Lipinski definition) is 3. The van der Waals surface area contributed by atoms with E-state index in [9.17, 15) is 4.79 Å². The van der Waals surface area contributed by atoms with Gasteiger partial charge < -0.3 is 9.73 Å². The van der Waals surface area contributed by atoms with Gasteiger partial charge in [-0.15, -0.1) is 0 Å². The molecule has 27 heavy (non-hydrogen) atoms. The largest absolute Gasteiger partial charge is 0.468 e. The van der Waals surface area contributed by atoms with Gasteiger partial charge in [-0.3, -0.25) is 9.69 Å². The molecule has 0 bridgehead atoms. The van der Waals surface area contributed by atoms with Crippen molar-refractivity contribution in [3.8, 4) is 0 Å². The summed E-state index contributed by atoms with van der Waals surface area (Å²) in [6.07, 6.45) is 8.25. The van der Waals surface area contributed by atoms with Crippen LogP contribution in [0, 0.1) is 0 Å². The van der Waals surface area contributed by atoms with E-state index < -0.39 is 5.41 Å². The first-order chi connectivity index (χ1) is 13.2. The summed E-state index contributed by atoms with van der Waals surface area (Å²) >= 11 is 6.18. The van der Waals surface area contributed by atoms with E-state index in [0.29, 0.717) is 11.6 Å². The molecule has 5 heteroatoms. The molecule has 1 unspecified atom stereocenters. The fraction of sp³-hybridized carbons (Fsp3) is 0.500. The van der Waals surface area contributed by atoms with Gasteiger partial charge in [-0.2, -0.15) is 0 Å². The van der Waals surface area contributed by atoms with Gasteiger partial charge in [0, 0.05) is 11.6 Å². The van der Waals surface area contributed by atoms with Crippen molar-refractivity contribution >= 4 is 17.5 Å². The van der Waals surface area contributed by atoms with Crippen LogP contribution in [0.1, 0.15) is 55.9 Å². The Hall–Kier alpha value is -1.78. The quantitative estimate of drug-likeness (QED) is 0.782. The predicted molar refractivity (Wildman–Crippen MR) is 107 cm³/mol. The molecule has 1 amide bonds. The highest BCUT2D eigenvalue weighted by atomic mass is 35.5. The molecule has 1 aliphatic carbocycles. The van der Waals surface area contributed by atoms with Gasteiger partial charge in [-0.1, -0.05) is 36.6 Å². The summed E-state index contributed by atoms with van der Waals surface area (Å²) < 4.78 is 5.70. The lowest BCUT2D eigenvalue weighted by atomic mass is 9.64. The number of amides is 1. The molecule has 1 N–H and O–H groups in total. The third-order valence-corrected chi connectivity index (χ3v) is 6.41. The predicted octanol–water partition coefficient (Wildman–Crippen LogP) is 4.70. The third kappa shape index (κ3) is 3.78. The van der Waals surface area contributed by atoms with Crippen LogP contribution in [-0.4, -0.2) is 30.4 Å². The molecule has 1 saturated carbocycles. The third-order valence-electron chi connectivity index (χ3n) is 6.18. The second-order valence-electron chi connectivity index (χ2n) is 7.78. The highest BCUT2D eigenvalue weighted by Gasteiger charge is 2.45. The number of halogens is 1. The summed E-state index contributed by atoms with van der Waals surface area (Å²) in [5.74, 6) is 1.05. The molecule has 2 fully saturated rings. The standard InChI is InChI=1S/C22H27ClN2O2/c23-18-8-4-7-17(15-18)22(10-6-11-22)21(26)24-16-19(20-9-5-14-27-20)25-12-2-1-3-13-25/h4-5,7-9,14-15,19H,1-3,6,10-13,16H2,(H,24,26). The van der Waals surface area contributed by atoms with Crippen molar-refractivity contribution < 1.29 is 9.21 Å². The number of benzene rings is 1. The second-order valence-corrected chi connectivity index (χ2v) is 8.22. The van der Waals surface area contributed by atoms with Crippen molar-refractivity contribution in [3.05, 3.63) is 59.0 Å². The maximum absolute atomic E-state index is 13.2. The molecule has 1 saturated heterocycles. The molecular weight excluding hydrogens is 360 g/mol. The molecule has 1 atom stereocenters. The normalized spacial score (nSPS) is 20.6. The van der Waals surface area contributed by atoms with Gasteiger partial charge in [0.1, 0.15) is 5.76 Å². The Balaban J connectivity index is 1.49. The molecule has 1 aliphatic heterocycles. The molecular formula is C22H27ClN2O2. The number of furan rings is 1. The van der Waals surface area contributed by atoms with Crippen LogP contribution in [0.15, 0.2) is 47.1 Å². The molecule has 4 rings (SSSR count). The molecule has 0 spiro atoms.